The van der Waals surface area contributed by atoms with Crippen LogP contribution in [0.3, 0.4) is 0 Å². The van der Waals surface area contributed by atoms with E-state index >= 15 is 0 Å². The van der Waals surface area contributed by atoms with E-state index in [0.717, 1.165) is 6.42 Å². The van der Waals surface area contributed by atoms with Gasteiger partial charge in [0, 0.05) is 13.2 Å². The first kappa shape index (κ1) is 11.1. The summed E-state index contributed by atoms with van der Waals surface area (Å²) < 4.78 is 5.07. The fourth-order valence-corrected chi connectivity index (χ4v) is 0.625. The number of nitrogens with one attached hydrogen (secondary N) is 1. The lowest BCUT2D eigenvalue weighted by atomic mass is 10.4. The van der Waals surface area contributed by atoms with Crippen molar-refractivity contribution in [1.29, 1.82) is 0 Å². The summed E-state index contributed by atoms with van der Waals surface area (Å²) >= 11 is 0. The summed E-state index contributed by atoms with van der Waals surface area (Å²) in [7, 11) is 0. The zero-order valence-electron chi connectivity index (χ0n) is 7.08. The van der Waals surface area contributed by atoms with Crippen LogP contribution in [0.1, 0.15) is 6.42 Å². The topological polar surface area (TPSA) is 58.6 Å². The van der Waals surface area contributed by atoms with Gasteiger partial charge in [0.25, 0.3) is 0 Å². The molecule has 0 heterocycles. The van der Waals surface area contributed by atoms with E-state index in [1.54, 1.807) is 6.08 Å². The number of carbonyl (C=O) groups is 1. The van der Waals surface area contributed by atoms with Crippen molar-refractivity contribution in [2.24, 2.45) is 0 Å². The van der Waals surface area contributed by atoms with Crippen LogP contribution in [0.15, 0.2) is 12.7 Å². The van der Waals surface area contributed by atoms with E-state index in [-0.39, 0.29) is 5.91 Å². The minimum Gasteiger partial charge on any atom is -0.387 e. The summed E-state index contributed by atoms with van der Waals surface area (Å²) in [4.78, 5) is 10.5. The van der Waals surface area contributed by atoms with E-state index in [1.165, 1.54) is 0 Å². The van der Waals surface area contributed by atoms with Crippen LogP contribution in [0.4, 0.5) is 0 Å². The van der Waals surface area contributed by atoms with Gasteiger partial charge in [-0.15, -0.1) is 6.58 Å². The van der Waals surface area contributed by atoms with Crippen molar-refractivity contribution in [3.05, 3.63) is 12.7 Å². The minimum absolute atomic E-state index is 0.348. The molecule has 0 aromatic rings. The van der Waals surface area contributed by atoms with E-state index < -0.39 is 6.61 Å². The SMILES string of the molecule is C=CCOCCCNC(=O)CO. The number of aliphatic hydroxyl groups excluding tert-OH is 1. The van der Waals surface area contributed by atoms with Gasteiger partial charge in [-0.3, -0.25) is 4.79 Å². The lowest BCUT2D eigenvalue weighted by Gasteiger charge is -2.02. The molecule has 0 spiro atoms. The van der Waals surface area contributed by atoms with Gasteiger partial charge in [0.2, 0.25) is 5.91 Å². The highest BCUT2D eigenvalue weighted by molar-refractivity contribution is 5.76. The van der Waals surface area contributed by atoms with Gasteiger partial charge in [-0.05, 0) is 6.42 Å². The van der Waals surface area contributed by atoms with Gasteiger partial charge in [0.1, 0.15) is 6.61 Å². The number of ether oxygens (including phenoxy) is 1. The highest BCUT2D eigenvalue weighted by atomic mass is 16.5. The van der Waals surface area contributed by atoms with Crippen LogP contribution in [-0.4, -0.2) is 37.4 Å². The Morgan fingerprint density at radius 3 is 3.00 bits per heavy atom. The van der Waals surface area contributed by atoms with Crippen LogP contribution in [0.5, 0.6) is 0 Å². The first-order chi connectivity index (χ1) is 5.81. The maximum absolute atomic E-state index is 10.5. The molecule has 2 N–H and O–H groups in total. The van der Waals surface area contributed by atoms with Crippen molar-refractivity contribution in [2.45, 2.75) is 6.42 Å². The van der Waals surface area contributed by atoms with E-state index in [2.05, 4.69) is 11.9 Å². The zero-order valence-corrected chi connectivity index (χ0v) is 7.08. The Morgan fingerprint density at radius 1 is 1.67 bits per heavy atom. The molecule has 0 saturated carbocycles. The lowest BCUT2D eigenvalue weighted by Crippen LogP contribution is -2.27. The van der Waals surface area contributed by atoms with Crippen molar-refractivity contribution in [2.75, 3.05) is 26.4 Å². The van der Waals surface area contributed by atoms with Gasteiger partial charge >= 0.3 is 0 Å². The van der Waals surface area contributed by atoms with Crippen LogP contribution in [0.25, 0.3) is 0 Å². The molecule has 0 unspecified atom stereocenters. The second kappa shape index (κ2) is 8.23. The summed E-state index contributed by atoms with van der Waals surface area (Å²) in [6, 6.07) is 0. The summed E-state index contributed by atoms with van der Waals surface area (Å²) in [5.74, 6) is -0.348. The molecule has 0 aliphatic carbocycles. The van der Waals surface area contributed by atoms with E-state index in [4.69, 9.17) is 9.84 Å². The van der Waals surface area contributed by atoms with Gasteiger partial charge < -0.3 is 15.2 Å². The Morgan fingerprint density at radius 2 is 2.42 bits per heavy atom. The molecule has 0 aromatic heterocycles. The summed E-state index contributed by atoms with van der Waals surface area (Å²) in [5, 5.41) is 10.8. The van der Waals surface area contributed by atoms with E-state index in [9.17, 15) is 4.79 Å². The Kier molecular flexibility index (Phi) is 7.63. The van der Waals surface area contributed by atoms with Gasteiger partial charge in [0.05, 0.1) is 6.61 Å². The Bertz CT molecular complexity index is 136. The monoisotopic (exact) mass is 173 g/mol. The Balaban J connectivity index is 3.00. The third kappa shape index (κ3) is 7.24. The van der Waals surface area contributed by atoms with Gasteiger partial charge in [-0.2, -0.15) is 0 Å². The molecule has 0 rings (SSSR count). The number of amides is 1. The lowest BCUT2D eigenvalue weighted by molar-refractivity contribution is -0.123. The number of hydrogen-bond acceptors (Lipinski definition) is 3. The molecule has 0 atom stereocenters. The minimum atomic E-state index is -0.451. The van der Waals surface area contributed by atoms with Crippen LogP contribution in [-0.2, 0) is 9.53 Å². The zero-order chi connectivity index (χ0) is 9.23. The van der Waals surface area contributed by atoms with E-state index in [0.29, 0.717) is 19.8 Å². The van der Waals surface area contributed by atoms with Crippen LogP contribution >= 0.6 is 0 Å². The van der Waals surface area contributed by atoms with Crippen molar-refractivity contribution in [3.63, 3.8) is 0 Å². The molecule has 70 valence electrons. The normalized spacial score (nSPS) is 9.42. The van der Waals surface area contributed by atoms with Crippen molar-refractivity contribution in [1.82, 2.24) is 5.32 Å². The second-order valence-electron chi connectivity index (χ2n) is 2.23. The molecule has 1 amide bonds. The molecule has 0 fully saturated rings. The molecule has 0 saturated heterocycles. The summed E-state index contributed by atoms with van der Waals surface area (Å²) in [5.41, 5.74) is 0. The first-order valence-electron chi connectivity index (χ1n) is 3.87. The molecule has 0 bridgehead atoms. The average Bonchev–Trinajstić information content (AvgIpc) is 2.10. The molecule has 12 heavy (non-hydrogen) atoms. The van der Waals surface area contributed by atoms with Gasteiger partial charge in [-0.1, -0.05) is 6.08 Å². The number of rotatable bonds is 7. The van der Waals surface area contributed by atoms with Crippen LogP contribution < -0.4 is 5.32 Å². The standard InChI is InChI=1S/C8H15NO3/c1-2-5-12-6-3-4-9-8(11)7-10/h2,10H,1,3-7H2,(H,9,11). The number of hydrogen-bond donors (Lipinski definition) is 2. The molecular formula is C8H15NO3. The largest absolute Gasteiger partial charge is 0.387 e. The fourth-order valence-electron chi connectivity index (χ4n) is 0.625. The first-order valence-corrected chi connectivity index (χ1v) is 3.87. The van der Waals surface area contributed by atoms with Crippen LogP contribution in [0, 0.1) is 0 Å². The van der Waals surface area contributed by atoms with Crippen molar-refractivity contribution >= 4 is 5.91 Å². The average molecular weight is 173 g/mol. The third-order valence-electron chi connectivity index (χ3n) is 1.17. The fraction of sp³-hybridized carbons (Fsp3) is 0.625. The Hall–Kier alpha value is -0.870. The van der Waals surface area contributed by atoms with Crippen LogP contribution in [0.2, 0.25) is 0 Å². The van der Waals surface area contributed by atoms with Gasteiger partial charge in [-0.25, -0.2) is 0 Å². The highest BCUT2D eigenvalue weighted by Crippen LogP contribution is 1.80. The molecule has 4 nitrogen and oxygen atoms in total. The predicted molar refractivity (Wildman–Crippen MR) is 45.7 cm³/mol. The molecule has 0 aromatic carbocycles. The molecule has 0 aliphatic heterocycles. The predicted octanol–water partition coefficient (Wildman–Crippen LogP) is -0.312. The van der Waals surface area contributed by atoms with Crippen molar-refractivity contribution < 1.29 is 14.6 Å². The summed E-state index contributed by atoms with van der Waals surface area (Å²) in [6.45, 7) is 4.71. The Labute approximate surface area is 72.2 Å². The maximum atomic E-state index is 10.5. The quantitative estimate of drug-likeness (QED) is 0.410. The van der Waals surface area contributed by atoms with E-state index in [1.807, 2.05) is 0 Å². The smallest absolute Gasteiger partial charge is 0.245 e. The maximum Gasteiger partial charge on any atom is 0.245 e. The molecule has 0 aliphatic rings. The third-order valence-corrected chi connectivity index (χ3v) is 1.17. The van der Waals surface area contributed by atoms with Gasteiger partial charge in [0.15, 0.2) is 0 Å². The molecule has 4 heteroatoms. The van der Waals surface area contributed by atoms with Crippen molar-refractivity contribution in [3.8, 4) is 0 Å². The molecule has 0 radical (unpaired) electrons. The number of aliphatic hydroxyl groups is 1. The highest BCUT2D eigenvalue weighted by Gasteiger charge is 1.95. The number of carbonyl (C=O) groups excluding carboxylic acids is 1. The second-order valence-corrected chi connectivity index (χ2v) is 2.23. The summed E-state index contributed by atoms with van der Waals surface area (Å²) in [6.07, 6.45) is 2.42. The molecular weight excluding hydrogens is 158 g/mol.